The summed E-state index contributed by atoms with van der Waals surface area (Å²) in [6.07, 6.45) is 0. The molecule has 0 spiro atoms. The van der Waals surface area contributed by atoms with Gasteiger partial charge in [-0.15, -0.1) is 0 Å². The van der Waals surface area contributed by atoms with Gasteiger partial charge >= 0.3 is 0 Å². The Balaban J connectivity index is 0.000000127. The molecule has 0 fully saturated rings. The lowest BCUT2D eigenvalue weighted by Gasteiger charge is -2.08. The zero-order chi connectivity index (χ0) is 77.8. The topological polar surface area (TPSA) is 85.5 Å². The van der Waals surface area contributed by atoms with E-state index in [1.54, 1.807) is 0 Å². The maximum absolute atomic E-state index is 8.70. The first-order chi connectivity index (χ1) is 51.3. The van der Waals surface area contributed by atoms with Crippen molar-refractivity contribution in [2.24, 2.45) is 28.2 Å². The highest BCUT2D eigenvalue weighted by molar-refractivity contribution is 6.15. The van der Waals surface area contributed by atoms with E-state index in [1.165, 1.54) is 33.6 Å². The van der Waals surface area contributed by atoms with Crippen molar-refractivity contribution >= 4 is 111 Å². The average molecular weight is 1370 g/mol. The number of furan rings is 4. The molecule has 0 amide bonds. The minimum Gasteiger partial charge on any atom is -0.455 e. The molecule has 8 heterocycles. The lowest BCUT2D eigenvalue weighted by atomic mass is 9.99. The van der Waals surface area contributed by atoms with Crippen LogP contribution >= 0.6 is 0 Å². The molecular weight excluding hydrogens is 1280 g/mol. The van der Waals surface area contributed by atoms with Crippen molar-refractivity contribution in [3.8, 4) is 45.0 Å². The standard InChI is InChI=1S/4C23H21N2O/c2*1-13-9-16(4)25(6)20(10-13)21-14(2)7-8-18-19-12-17(24-5)11-15(3)22(19)26-23(18)21;2*1-13-9-16(4)25(6)20(10-13)22-14(2)7-8-17-18-12-19(24-5)15(3)11-21(18)26-23(17)22/h4*7-12H,1-4,6H3/q4*+1/i9D,10D;;9D,10D;. The summed E-state index contributed by atoms with van der Waals surface area (Å²) < 4.78 is 67.4. The summed E-state index contributed by atoms with van der Waals surface area (Å²) in [4.78, 5) is 14.5. The Morgan fingerprint density at radius 1 is 0.269 bits per heavy atom. The Hall–Kier alpha value is -12.5. The summed E-state index contributed by atoms with van der Waals surface area (Å²) in [5, 5.41) is 7.84. The molecule has 0 saturated carbocycles. The quantitative estimate of drug-likeness (QED) is 0.130. The number of nitrogens with zero attached hydrogens (tertiary/aromatic N) is 8. The van der Waals surface area contributed by atoms with Gasteiger partial charge < -0.3 is 17.7 Å². The number of hydrogen-bond acceptors (Lipinski definition) is 4. The lowest BCUT2D eigenvalue weighted by Crippen LogP contribution is -2.35. The van der Waals surface area contributed by atoms with Crippen molar-refractivity contribution in [1.82, 2.24) is 0 Å². The molecule has 0 N–H and O–H groups in total. The van der Waals surface area contributed by atoms with Gasteiger partial charge in [0.15, 0.2) is 45.5 Å². The maximum atomic E-state index is 8.70. The molecule has 104 heavy (non-hydrogen) atoms. The smallest absolute Gasteiger partial charge is 0.216 e. The summed E-state index contributed by atoms with van der Waals surface area (Å²) in [5.41, 5.74) is 32.7. The van der Waals surface area contributed by atoms with Crippen LogP contribution in [-0.4, -0.2) is 0 Å². The predicted octanol–water partition coefficient (Wildman–Crippen LogP) is 23.4. The fraction of sp³-hybridized carbons (Fsp3) is 0.217. The van der Waals surface area contributed by atoms with Crippen LogP contribution < -0.4 is 18.3 Å². The molecule has 0 saturated heterocycles. The molecule has 8 aromatic heterocycles. The van der Waals surface area contributed by atoms with Crippen LogP contribution in [0.1, 0.15) is 95.0 Å². The summed E-state index contributed by atoms with van der Waals surface area (Å²) >= 11 is 0. The highest BCUT2D eigenvalue weighted by Gasteiger charge is 2.28. The van der Waals surface area contributed by atoms with E-state index < -0.39 is 0 Å². The van der Waals surface area contributed by atoms with Gasteiger partial charge in [-0.3, -0.25) is 0 Å². The third-order valence-corrected chi connectivity index (χ3v) is 20.5. The minimum atomic E-state index is 0.340. The molecular formula is C92H84N8O4+4. The van der Waals surface area contributed by atoms with Gasteiger partial charge in [-0.25, -0.2) is 19.4 Å². The highest BCUT2D eigenvalue weighted by Crippen LogP contribution is 2.45. The molecule has 16 rings (SSSR count). The summed E-state index contributed by atoms with van der Waals surface area (Å²) in [7, 11) is 7.96. The molecule has 0 unspecified atom stereocenters. The zero-order valence-corrected chi connectivity index (χ0v) is 62.8. The molecule has 512 valence electrons. The SMILES string of the molecule is [2H]c1c(C)c([2H])c(-c2c(C)ccc3c2oc2c(C)cc([N+]#[C-])cc23)[n+](C)c1C.[2H]c1c(C)c([2H])c(-c2c(C)ccc3c2oc2cc(C)c([N+]#[C-])cc23)[n+](C)c1C.[C-]#[N+]c1cc(C)c2oc3c(-c4cc(C)cc(C)[n+]4C)c(C)ccc3c2c1.[C-]#[N+]c1cc2c(cc1C)oc1c(-c3cc(C)cc(C)[n+]3C)c(C)ccc12. The van der Waals surface area contributed by atoms with Crippen molar-refractivity contribution < 1.29 is 41.4 Å². The number of pyridine rings is 4. The van der Waals surface area contributed by atoms with Crippen LogP contribution in [0, 0.1) is 137 Å². The second-order valence-electron chi connectivity index (χ2n) is 27.9. The van der Waals surface area contributed by atoms with Crippen LogP contribution in [0.25, 0.3) is 152 Å². The van der Waals surface area contributed by atoms with E-state index in [2.05, 4.69) is 133 Å². The normalized spacial score (nSPS) is 11.8. The molecule has 12 heteroatoms. The third-order valence-electron chi connectivity index (χ3n) is 20.5. The largest absolute Gasteiger partial charge is 0.455 e. The molecule has 0 bridgehead atoms. The first kappa shape index (κ1) is 64.9. The van der Waals surface area contributed by atoms with Gasteiger partial charge in [0, 0.05) is 119 Å². The molecule has 0 aliphatic carbocycles. The number of aromatic nitrogens is 4. The van der Waals surface area contributed by atoms with Crippen molar-refractivity contribution in [2.75, 3.05) is 0 Å². The fourth-order valence-corrected chi connectivity index (χ4v) is 14.6. The van der Waals surface area contributed by atoms with Crippen LogP contribution in [0.3, 0.4) is 0 Å². The van der Waals surface area contributed by atoms with E-state index >= 15 is 0 Å². The highest BCUT2D eigenvalue weighted by atomic mass is 16.3. The Kier molecular flexibility index (Phi) is 16.9. The van der Waals surface area contributed by atoms with Gasteiger partial charge in [0.25, 0.3) is 0 Å². The van der Waals surface area contributed by atoms with E-state index in [-0.39, 0.29) is 0 Å². The molecule has 8 aromatic carbocycles. The maximum Gasteiger partial charge on any atom is 0.216 e. The Morgan fingerprint density at radius 2 is 0.587 bits per heavy atom. The van der Waals surface area contributed by atoms with Crippen LogP contribution in [-0.2, 0) is 28.2 Å². The monoisotopic (exact) mass is 1370 g/mol. The first-order valence-electron chi connectivity index (χ1n) is 36.6. The van der Waals surface area contributed by atoms with Crippen LogP contribution in [0.15, 0.2) is 163 Å². The van der Waals surface area contributed by atoms with Gasteiger partial charge in [-0.05, 0) is 198 Å². The Bertz CT molecular complexity index is 6740. The molecule has 0 aliphatic rings. The van der Waals surface area contributed by atoms with Crippen LogP contribution in [0.2, 0.25) is 0 Å². The molecule has 0 aliphatic heterocycles. The van der Waals surface area contributed by atoms with E-state index in [4.69, 9.17) is 49.4 Å². The van der Waals surface area contributed by atoms with Gasteiger partial charge in [0.1, 0.15) is 72.9 Å². The number of hydrogen-bond donors (Lipinski definition) is 0. The zero-order valence-electron chi connectivity index (χ0n) is 66.8. The van der Waals surface area contributed by atoms with Crippen molar-refractivity contribution in [3.05, 3.63) is 281 Å². The van der Waals surface area contributed by atoms with Gasteiger partial charge in [-0.1, -0.05) is 48.5 Å². The third kappa shape index (κ3) is 12.2. The van der Waals surface area contributed by atoms with E-state index in [0.29, 0.717) is 58.0 Å². The summed E-state index contributed by atoms with van der Waals surface area (Å²) in [5.74, 6) is 0. The second kappa shape index (κ2) is 27.1. The van der Waals surface area contributed by atoms with Crippen LogP contribution in [0.5, 0.6) is 0 Å². The first-order valence-corrected chi connectivity index (χ1v) is 34.6. The number of benzene rings is 8. The van der Waals surface area contributed by atoms with Crippen molar-refractivity contribution in [1.29, 1.82) is 0 Å². The molecule has 0 atom stereocenters. The van der Waals surface area contributed by atoms with Gasteiger partial charge in [0.05, 0.1) is 54.0 Å². The fourth-order valence-electron chi connectivity index (χ4n) is 14.6. The van der Waals surface area contributed by atoms with E-state index in [1.807, 2.05) is 165 Å². The molecule has 12 nitrogen and oxygen atoms in total. The lowest BCUT2D eigenvalue weighted by molar-refractivity contribution is -0.666. The Labute approximate surface area is 613 Å². The molecule has 0 radical (unpaired) electrons. The van der Waals surface area contributed by atoms with E-state index in [0.717, 1.165) is 178 Å². The van der Waals surface area contributed by atoms with Gasteiger partial charge in [0.2, 0.25) is 22.8 Å². The van der Waals surface area contributed by atoms with Crippen molar-refractivity contribution in [2.45, 2.75) is 111 Å². The minimum absolute atomic E-state index is 0.340. The number of rotatable bonds is 4. The van der Waals surface area contributed by atoms with Crippen LogP contribution in [0.4, 0.5) is 22.7 Å². The summed E-state index contributed by atoms with van der Waals surface area (Å²) in [6, 6.07) is 42.1. The second-order valence-corrected chi connectivity index (χ2v) is 27.9. The summed E-state index contributed by atoms with van der Waals surface area (Å²) in [6.45, 7) is 61.5. The number of aryl methyl sites for hydroxylation is 12. The van der Waals surface area contributed by atoms with Crippen molar-refractivity contribution in [3.63, 3.8) is 0 Å². The predicted molar refractivity (Wildman–Crippen MR) is 422 cm³/mol. The Morgan fingerprint density at radius 3 is 0.923 bits per heavy atom. The van der Waals surface area contributed by atoms with Gasteiger partial charge in [-0.2, -0.15) is 18.3 Å². The average Bonchev–Trinajstić information content (AvgIpc) is 1.55. The van der Waals surface area contributed by atoms with E-state index in [9.17, 15) is 0 Å². The molecule has 16 aromatic rings. The number of fused-ring (bicyclic) bond motifs is 12.